The number of rotatable bonds is 12. The van der Waals surface area contributed by atoms with Crippen LogP contribution in [0.1, 0.15) is 106 Å². The van der Waals surface area contributed by atoms with Crippen molar-refractivity contribution in [1.82, 2.24) is 0 Å². The van der Waals surface area contributed by atoms with Crippen LogP contribution in [0, 0.1) is 23.7 Å². The van der Waals surface area contributed by atoms with E-state index in [4.69, 9.17) is 4.18 Å². The average molecular weight is 734 g/mol. The summed E-state index contributed by atoms with van der Waals surface area (Å²) in [6.07, 6.45) is 8.88. The third-order valence-electron chi connectivity index (χ3n) is 12.5. The van der Waals surface area contributed by atoms with Crippen molar-refractivity contribution in [2.24, 2.45) is 23.7 Å². The molecule has 4 saturated carbocycles. The molecule has 10 heteroatoms. The third kappa shape index (κ3) is 8.80. The van der Waals surface area contributed by atoms with E-state index in [-0.39, 0.29) is 5.92 Å². The first-order valence-electron chi connectivity index (χ1n) is 19.0. The van der Waals surface area contributed by atoms with Gasteiger partial charge in [-0.3, -0.25) is 8.98 Å². The maximum absolute atomic E-state index is 12.1. The number of aliphatic carboxylic acids is 1. The first-order chi connectivity index (χ1) is 24.7. The normalized spacial score (nSPS) is 27.8. The summed E-state index contributed by atoms with van der Waals surface area (Å²) in [6, 6.07) is 27.4. The lowest BCUT2D eigenvalue weighted by Gasteiger charge is -2.55. The molecule has 1 saturated heterocycles. The standard InChI is InChI=1S/C32H39NO4.C10H16O4S/c1-31(2,30(35)36)25-17-15-24(16-18-25)29(34)14-9-21-33-22-19-28(20-23-33)32(37,26-10-5-3-6-11-26)27-12-7-4-8-13-27;11-15(12,13)14-10-4-7-1-8(5-10)3-9(2-7)6-10/h3-8,10-13,15-18,28-29,34,37H,9,14,19-23H2,1-2H3,(H,35,36);7-9H,1-6H2,(H,11,12,13). The Morgan fingerprint density at radius 2 is 1.33 bits per heavy atom. The summed E-state index contributed by atoms with van der Waals surface area (Å²) in [6.45, 7) is 6.37. The van der Waals surface area contributed by atoms with Crippen molar-refractivity contribution in [3.63, 3.8) is 0 Å². The summed E-state index contributed by atoms with van der Waals surface area (Å²) in [7, 11) is -4.54. The smallest absolute Gasteiger partial charge is 0.313 e. The van der Waals surface area contributed by atoms with Crippen molar-refractivity contribution in [3.8, 4) is 0 Å². The Hall–Kier alpha value is -3.12. The Labute approximate surface area is 309 Å². The molecule has 4 bridgehead atoms. The Balaban J connectivity index is 0.000000255. The summed E-state index contributed by atoms with van der Waals surface area (Å²) in [5, 5.41) is 32.2. The molecule has 3 aromatic rings. The van der Waals surface area contributed by atoms with Crippen molar-refractivity contribution in [3.05, 3.63) is 107 Å². The lowest BCUT2D eigenvalue weighted by Crippen LogP contribution is -3.13. The molecule has 52 heavy (non-hydrogen) atoms. The van der Waals surface area contributed by atoms with Gasteiger partial charge in [-0.2, -0.15) is 0 Å². The number of likely N-dealkylation sites (tertiary alicyclic amines) is 1. The Morgan fingerprint density at radius 1 is 0.846 bits per heavy atom. The number of carbonyl (C=O) groups is 1. The van der Waals surface area contributed by atoms with E-state index in [0.717, 1.165) is 80.4 Å². The number of hydrogen-bond donors (Lipinski definition) is 4. The van der Waals surface area contributed by atoms with Gasteiger partial charge in [0.2, 0.25) is 10.4 Å². The van der Waals surface area contributed by atoms with Crippen LogP contribution in [0.3, 0.4) is 0 Å². The minimum Gasteiger partial charge on any atom is -0.726 e. The predicted molar refractivity (Wildman–Crippen MR) is 197 cm³/mol. The second kappa shape index (κ2) is 15.7. The zero-order chi connectivity index (χ0) is 37.1. The molecule has 0 amide bonds. The minimum atomic E-state index is -4.54. The van der Waals surface area contributed by atoms with Gasteiger partial charge >= 0.3 is 5.97 Å². The number of aliphatic hydroxyl groups excluding tert-OH is 1. The van der Waals surface area contributed by atoms with Crippen LogP contribution in [-0.2, 0) is 30.4 Å². The van der Waals surface area contributed by atoms with Gasteiger partial charge in [0.05, 0.1) is 36.8 Å². The van der Waals surface area contributed by atoms with Crippen LogP contribution >= 0.6 is 0 Å². The highest BCUT2D eigenvalue weighted by atomic mass is 32.3. The molecule has 5 aliphatic rings. The molecule has 3 aromatic carbocycles. The largest absolute Gasteiger partial charge is 0.726 e. The van der Waals surface area contributed by atoms with Gasteiger partial charge in [-0.25, -0.2) is 8.42 Å². The van der Waals surface area contributed by atoms with Gasteiger partial charge in [0.15, 0.2) is 0 Å². The molecule has 0 spiro atoms. The molecule has 0 radical (unpaired) electrons. The zero-order valence-corrected chi connectivity index (χ0v) is 31.3. The lowest BCUT2D eigenvalue weighted by atomic mass is 9.54. The fourth-order valence-corrected chi connectivity index (χ4v) is 10.7. The van der Waals surface area contributed by atoms with E-state index in [2.05, 4.69) is 0 Å². The maximum Gasteiger partial charge on any atom is 0.313 e. The van der Waals surface area contributed by atoms with Gasteiger partial charge in [0, 0.05) is 18.8 Å². The van der Waals surface area contributed by atoms with Crippen LogP contribution in [0.4, 0.5) is 0 Å². The van der Waals surface area contributed by atoms with E-state index in [1.165, 1.54) is 24.2 Å². The summed E-state index contributed by atoms with van der Waals surface area (Å²) in [4.78, 5) is 13.0. The second-order valence-corrected chi connectivity index (χ2v) is 17.6. The number of carboxylic acids is 1. The lowest BCUT2D eigenvalue weighted by molar-refractivity contribution is -0.906. The monoisotopic (exact) mass is 733 g/mol. The zero-order valence-electron chi connectivity index (χ0n) is 30.5. The summed E-state index contributed by atoms with van der Waals surface area (Å²) in [5.41, 5.74) is 0.905. The van der Waals surface area contributed by atoms with Crippen LogP contribution in [0.5, 0.6) is 0 Å². The van der Waals surface area contributed by atoms with Gasteiger partial charge in [0.25, 0.3) is 0 Å². The van der Waals surface area contributed by atoms with Crippen LogP contribution in [0.15, 0.2) is 84.9 Å². The van der Waals surface area contributed by atoms with Crippen LogP contribution in [-0.4, -0.2) is 59.5 Å². The second-order valence-electron chi connectivity index (χ2n) is 16.6. The average Bonchev–Trinajstić information content (AvgIpc) is 3.11. The molecule has 1 heterocycles. The Bertz CT molecular complexity index is 1660. The number of piperidine rings is 1. The molecule has 5 fully saturated rings. The van der Waals surface area contributed by atoms with Gasteiger partial charge < -0.3 is 24.8 Å². The highest BCUT2D eigenvalue weighted by molar-refractivity contribution is 7.80. The molecule has 1 unspecified atom stereocenters. The number of hydrogen-bond acceptors (Lipinski definition) is 7. The Kier molecular flexibility index (Phi) is 11.7. The highest BCUT2D eigenvalue weighted by Crippen LogP contribution is 2.57. The molecule has 4 N–H and O–H groups in total. The van der Waals surface area contributed by atoms with Crippen LogP contribution in [0.25, 0.3) is 0 Å². The first kappa shape index (κ1) is 38.6. The molecule has 282 valence electrons. The van der Waals surface area contributed by atoms with Crippen molar-refractivity contribution >= 4 is 16.4 Å². The molecule has 1 atom stereocenters. The third-order valence-corrected chi connectivity index (χ3v) is 13.1. The number of carboxylic acid groups (broad SMARTS) is 1. The molecule has 8 rings (SSSR count). The summed E-state index contributed by atoms with van der Waals surface area (Å²) < 4.78 is 37.1. The highest BCUT2D eigenvalue weighted by Gasteiger charge is 2.53. The fourth-order valence-electron chi connectivity index (χ4n) is 10.0. The number of benzene rings is 3. The minimum absolute atomic E-state index is 0.153. The molecule has 4 aliphatic carbocycles. The molecular formula is C42H55NO8S. The van der Waals surface area contributed by atoms with Crippen molar-refractivity contribution in [1.29, 1.82) is 0 Å². The molecule has 1 aliphatic heterocycles. The maximum atomic E-state index is 12.1. The summed E-state index contributed by atoms with van der Waals surface area (Å²) >= 11 is 0. The molecule has 9 nitrogen and oxygen atoms in total. The van der Waals surface area contributed by atoms with E-state index in [1.807, 2.05) is 84.9 Å². The first-order valence-corrected chi connectivity index (χ1v) is 20.4. The Morgan fingerprint density at radius 3 is 1.77 bits per heavy atom. The fraction of sp³-hybridized carbons (Fsp3) is 0.548. The van der Waals surface area contributed by atoms with E-state index >= 15 is 0 Å². The van der Waals surface area contributed by atoms with Gasteiger partial charge in [0.1, 0.15) is 5.60 Å². The van der Waals surface area contributed by atoms with Crippen molar-refractivity contribution in [2.45, 2.75) is 101 Å². The van der Waals surface area contributed by atoms with Crippen LogP contribution in [0.2, 0.25) is 0 Å². The topological polar surface area (TPSA) is 149 Å². The van der Waals surface area contributed by atoms with E-state index < -0.39 is 39.1 Å². The quantitative estimate of drug-likeness (QED) is 0.141. The predicted octanol–water partition coefficient (Wildman–Crippen LogP) is 5.53. The SMILES string of the molecule is CC(C)(C(=O)O)c1ccc(C(O)CCC[NH+]2CCC(C(O)(c3ccccc3)c3ccccc3)CC2)cc1.O=S(=O)([O-])OC12CC3CC(CC(C3)C1)C2. The van der Waals surface area contributed by atoms with Gasteiger partial charge in [-0.1, -0.05) is 84.9 Å². The molecule has 0 aromatic heterocycles. The van der Waals surface area contributed by atoms with E-state index in [1.54, 1.807) is 13.8 Å². The summed E-state index contributed by atoms with van der Waals surface area (Å²) in [5.74, 6) is 1.08. The van der Waals surface area contributed by atoms with E-state index in [9.17, 15) is 33.1 Å². The van der Waals surface area contributed by atoms with Crippen LogP contribution < -0.4 is 4.90 Å². The van der Waals surface area contributed by atoms with Gasteiger partial charge in [-0.15, -0.1) is 0 Å². The van der Waals surface area contributed by atoms with E-state index in [0.29, 0.717) is 24.2 Å². The number of nitrogens with one attached hydrogen (secondary N) is 1. The number of aliphatic hydroxyl groups is 2. The van der Waals surface area contributed by atoms with Crippen molar-refractivity contribution < 1.29 is 42.2 Å². The van der Waals surface area contributed by atoms with Gasteiger partial charge in [-0.05, 0) is 105 Å². The number of quaternary nitrogens is 1. The molecular weight excluding hydrogens is 679 g/mol. The van der Waals surface area contributed by atoms with Crippen molar-refractivity contribution in [2.75, 3.05) is 19.6 Å².